The van der Waals surface area contributed by atoms with E-state index in [9.17, 15) is 13.2 Å². The minimum atomic E-state index is -3.74. The molecule has 1 amide bonds. The lowest BCUT2D eigenvalue weighted by Gasteiger charge is -2.16. The van der Waals surface area contributed by atoms with Crippen molar-refractivity contribution in [3.63, 3.8) is 0 Å². The summed E-state index contributed by atoms with van der Waals surface area (Å²) in [5, 5.41) is 2.87. The monoisotopic (exact) mass is 424 g/mol. The predicted molar refractivity (Wildman–Crippen MR) is 117 cm³/mol. The van der Waals surface area contributed by atoms with E-state index in [1.807, 2.05) is 37.3 Å². The summed E-state index contributed by atoms with van der Waals surface area (Å²) >= 11 is 0. The fourth-order valence-corrected chi connectivity index (χ4v) is 3.91. The van der Waals surface area contributed by atoms with Crippen LogP contribution in [0.5, 0.6) is 5.75 Å². The van der Waals surface area contributed by atoms with Gasteiger partial charge in [-0.05, 0) is 55.8 Å². The van der Waals surface area contributed by atoms with E-state index in [4.69, 9.17) is 4.74 Å². The van der Waals surface area contributed by atoms with E-state index in [-0.39, 0.29) is 16.8 Å². The van der Waals surface area contributed by atoms with Crippen molar-refractivity contribution in [1.82, 2.24) is 5.32 Å². The molecule has 0 aliphatic heterocycles. The number of rotatable bonds is 8. The van der Waals surface area contributed by atoms with Crippen LogP contribution in [0.4, 0.5) is 5.69 Å². The molecule has 1 atom stereocenters. The number of nitrogens with one attached hydrogen (secondary N) is 2. The number of benzene rings is 3. The average molecular weight is 425 g/mol. The van der Waals surface area contributed by atoms with Gasteiger partial charge in [0.15, 0.2) is 0 Å². The molecule has 0 saturated heterocycles. The average Bonchev–Trinajstić information content (AvgIpc) is 2.75. The van der Waals surface area contributed by atoms with Crippen LogP contribution in [0.15, 0.2) is 83.8 Å². The van der Waals surface area contributed by atoms with Gasteiger partial charge in [0.2, 0.25) is 0 Å². The number of carbonyl (C=O) groups excluding carboxylic acids is 1. The highest BCUT2D eigenvalue weighted by atomic mass is 32.2. The Morgan fingerprint density at radius 2 is 1.60 bits per heavy atom. The molecule has 6 nitrogen and oxygen atoms in total. The third kappa shape index (κ3) is 5.61. The van der Waals surface area contributed by atoms with Crippen LogP contribution in [0.3, 0.4) is 0 Å². The maximum atomic E-state index is 12.6. The number of hydrogen-bond acceptors (Lipinski definition) is 4. The third-order valence-corrected chi connectivity index (χ3v) is 5.80. The van der Waals surface area contributed by atoms with Crippen LogP contribution in [0, 0.1) is 6.92 Å². The van der Waals surface area contributed by atoms with Crippen LogP contribution in [0.1, 0.15) is 22.8 Å². The Hall–Kier alpha value is -3.32. The quantitative estimate of drug-likeness (QED) is 0.573. The zero-order valence-electron chi connectivity index (χ0n) is 16.8. The van der Waals surface area contributed by atoms with Gasteiger partial charge < -0.3 is 10.1 Å². The van der Waals surface area contributed by atoms with E-state index in [1.165, 1.54) is 18.2 Å². The molecule has 3 rings (SSSR count). The van der Waals surface area contributed by atoms with Gasteiger partial charge in [0, 0.05) is 5.56 Å². The van der Waals surface area contributed by atoms with Crippen LogP contribution in [-0.4, -0.2) is 27.0 Å². The van der Waals surface area contributed by atoms with Crippen molar-refractivity contribution in [2.24, 2.45) is 0 Å². The van der Waals surface area contributed by atoms with Crippen molar-refractivity contribution in [1.29, 1.82) is 0 Å². The number of ether oxygens (including phenoxy) is 1. The zero-order chi connectivity index (χ0) is 21.6. The number of amides is 1. The Labute approximate surface area is 177 Å². The molecule has 0 bridgehead atoms. The van der Waals surface area contributed by atoms with Gasteiger partial charge in [-0.15, -0.1) is 0 Å². The van der Waals surface area contributed by atoms with Crippen molar-refractivity contribution in [2.75, 3.05) is 11.3 Å². The van der Waals surface area contributed by atoms with E-state index >= 15 is 0 Å². The van der Waals surface area contributed by atoms with Crippen molar-refractivity contribution < 1.29 is 17.9 Å². The normalized spacial score (nSPS) is 12.1. The molecule has 0 fully saturated rings. The second-order valence-electron chi connectivity index (χ2n) is 6.95. The van der Waals surface area contributed by atoms with Crippen molar-refractivity contribution in [2.45, 2.75) is 24.8 Å². The van der Waals surface area contributed by atoms with Gasteiger partial charge in [0.25, 0.3) is 15.9 Å². The highest BCUT2D eigenvalue weighted by Gasteiger charge is 2.17. The van der Waals surface area contributed by atoms with E-state index < -0.39 is 10.0 Å². The summed E-state index contributed by atoms with van der Waals surface area (Å²) in [7, 11) is -3.74. The maximum Gasteiger partial charge on any atom is 0.261 e. The summed E-state index contributed by atoms with van der Waals surface area (Å²) in [5.41, 5.74) is 1.43. The Balaban J connectivity index is 1.67. The van der Waals surface area contributed by atoms with Crippen molar-refractivity contribution in [3.05, 3.63) is 90.0 Å². The van der Waals surface area contributed by atoms with E-state index in [0.717, 1.165) is 5.75 Å². The molecule has 0 heterocycles. The summed E-state index contributed by atoms with van der Waals surface area (Å²) < 4.78 is 33.4. The van der Waals surface area contributed by atoms with E-state index in [2.05, 4.69) is 10.0 Å². The first kappa shape index (κ1) is 21.4. The Morgan fingerprint density at radius 3 is 2.27 bits per heavy atom. The van der Waals surface area contributed by atoms with Gasteiger partial charge in [-0.3, -0.25) is 9.52 Å². The molecule has 3 aromatic rings. The SMILES string of the molecule is Cc1ccc(C(=O)NC(C)COc2ccccc2)cc1NS(=O)(=O)c1ccccc1. The van der Waals surface area contributed by atoms with Gasteiger partial charge in [-0.1, -0.05) is 42.5 Å². The molecule has 3 aromatic carbocycles. The number of sulfonamides is 1. The first-order valence-electron chi connectivity index (χ1n) is 9.52. The third-order valence-electron chi connectivity index (χ3n) is 4.42. The molecule has 0 aliphatic rings. The van der Waals surface area contributed by atoms with Gasteiger partial charge in [0.1, 0.15) is 12.4 Å². The Kier molecular flexibility index (Phi) is 6.74. The molecule has 0 spiro atoms. The lowest BCUT2D eigenvalue weighted by Crippen LogP contribution is -2.36. The molecule has 7 heteroatoms. The minimum Gasteiger partial charge on any atom is -0.491 e. The summed E-state index contributed by atoms with van der Waals surface area (Å²) in [6, 6.07) is 22.1. The fourth-order valence-electron chi connectivity index (χ4n) is 2.76. The molecule has 0 aliphatic carbocycles. The second-order valence-corrected chi connectivity index (χ2v) is 8.63. The lowest BCUT2D eigenvalue weighted by atomic mass is 10.1. The highest BCUT2D eigenvalue weighted by Crippen LogP contribution is 2.21. The Morgan fingerprint density at radius 1 is 0.967 bits per heavy atom. The lowest BCUT2D eigenvalue weighted by molar-refractivity contribution is 0.0926. The highest BCUT2D eigenvalue weighted by molar-refractivity contribution is 7.92. The van der Waals surface area contributed by atoms with E-state index in [1.54, 1.807) is 37.3 Å². The molecule has 0 saturated carbocycles. The smallest absolute Gasteiger partial charge is 0.261 e. The van der Waals surface area contributed by atoms with Gasteiger partial charge in [-0.2, -0.15) is 0 Å². The van der Waals surface area contributed by atoms with Crippen LogP contribution < -0.4 is 14.8 Å². The molecular weight excluding hydrogens is 400 g/mol. The number of hydrogen-bond donors (Lipinski definition) is 2. The molecule has 1 unspecified atom stereocenters. The van der Waals surface area contributed by atoms with Crippen molar-refractivity contribution >= 4 is 21.6 Å². The summed E-state index contributed by atoms with van der Waals surface area (Å²) in [6.07, 6.45) is 0. The van der Waals surface area contributed by atoms with Gasteiger partial charge in [0.05, 0.1) is 16.6 Å². The molecule has 0 aromatic heterocycles. The summed E-state index contributed by atoms with van der Waals surface area (Å²) in [4.78, 5) is 12.8. The summed E-state index contributed by atoms with van der Waals surface area (Å²) in [6.45, 7) is 3.93. The number of carbonyl (C=O) groups is 1. The number of para-hydroxylation sites is 1. The van der Waals surface area contributed by atoms with Crippen LogP contribution in [-0.2, 0) is 10.0 Å². The molecule has 2 N–H and O–H groups in total. The maximum absolute atomic E-state index is 12.6. The Bertz CT molecular complexity index is 1100. The first-order valence-corrected chi connectivity index (χ1v) is 11.0. The molecule has 156 valence electrons. The van der Waals surface area contributed by atoms with Crippen LogP contribution in [0.25, 0.3) is 0 Å². The fraction of sp³-hybridized carbons (Fsp3) is 0.174. The van der Waals surface area contributed by atoms with E-state index in [0.29, 0.717) is 23.4 Å². The topological polar surface area (TPSA) is 84.5 Å². The number of aryl methyl sites for hydroxylation is 1. The zero-order valence-corrected chi connectivity index (χ0v) is 17.6. The second kappa shape index (κ2) is 9.45. The standard InChI is InChI=1S/C23H24N2O4S/c1-17-13-14-19(15-22(17)25-30(27,28)21-11-7-4-8-12-21)23(26)24-18(2)16-29-20-9-5-3-6-10-20/h3-15,18,25H,16H2,1-2H3,(H,24,26). The van der Waals surface area contributed by atoms with Crippen LogP contribution in [0.2, 0.25) is 0 Å². The molecular formula is C23H24N2O4S. The predicted octanol–water partition coefficient (Wildman–Crippen LogP) is 3.99. The first-order chi connectivity index (χ1) is 14.3. The molecule has 0 radical (unpaired) electrons. The van der Waals surface area contributed by atoms with Crippen molar-refractivity contribution in [3.8, 4) is 5.75 Å². The minimum absolute atomic E-state index is 0.158. The number of anilines is 1. The molecule has 30 heavy (non-hydrogen) atoms. The van der Waals surface area contributed by atoms with Crippen LogP contribution >= 0.6 is 0 Å². The largest absolute Gasteiger partial charge is 0.491 e. The summed E-state index contributed by atoms with van der Waals surface area (Å²) in [5.74, 6) is 0.422. The van der Waals surface area contributed by atoms with Gasteiger partial charge in [-0.25, -0.2) is 8.42 Å². The van der Waals surface area contributed by atoms with Gasteiger partial charge >= 0.3 is 0 Å².